The van der Waals surface area contributed by atoms with Crippen molar-refractivity contribution in [3.63, 3.8) is 0 Å². The maximum Gasteiger partial charge on any atom is 0.313 e. The Balaban J connectivity index is 0.000000175. The molecule has 2 atom stereocenters. The summed E-state index contributed by atoms with van der Waals surface area (Å²) in [5.41, 5.74) is 3.66. The molecule has 0 amide bonds. The highest BCUT2D eigenvalue weighted by Gasteiger charge is 2.42. The van der Waals surface area contributed by atoms with Gasteiger partial charge in [-0.25, -0.2) is 16.8 Å². The summed E-state index contributed by atoms with van der Waals surface area (Å²) in [6.07, 6.45) is 7.06. The number of carbonyl (C=O) groups excluding carboxylic acids is 2. The van der Waals surface area contributed by atoms with Crippen LogP contribution in [-0.4, -0.2) is 79.4 Å². The van der Waals surface area contributed by atoms with E-state index in [9.17, 15) is 36.3 Å². The number of ether oxygens (including phenoxy) is 3. The van der Waals surface area contributed by atoms with E-state index in [0.717, 1.165) is 44.1 Å². The molecule has 1 spiro atoms. The summed E-state index contributed by atoms with van der Waals surface area (Å²) in [4.78, 5) is 41.2. The molecule has 4 aromatic rings. The molecule has 2 saturated carbocycles. The summed E-state index contributed by atoms with van der Waals surface area (Å²) in [5.74, 6) is -2.05. The number of anilines is 4. The van der Waals surface area contributed by atoms with Gasteiger partial charge in [-0.2, -0.15) is 0 Å². The van der Waals surface area contributed by atoms with E-state index in [1.807, 2.05) is 24.1 Å². The molecular formula is C48H54N2O11S2. The highest BCUT2D eigenvalue weighted by atomic mass is 32.2. The summed E-state index contributed by atoms with van der Waals surface area (Å²) in [5, 5.41) is 9.84. The van der Waals surface area contributed by atoms with E-state index in [2.05, 4.69) is 0 Å². The van der Waals surface area contributed by atoms with Crippen LogP contribution in [0, 0.1) is 11.8 Å². The molecule has 4 aromatic carbocycles. The van der Waals surface area contributed by atoms with Gasteiger partial charge >= 0.3 is 11.9 Å². The number of nitrogens with zero attached hydrogens (tertiary/aromatic N) is 2. The third-order valence-corrected chi connectivity index (χ3v) is 17.2. The summed E-state index contributed by atoms with van der Waals surface area (Å²) < 4.78 is 69.7. The Hall–Kier alpha value is -5.09. The van der Waals surface area contributed by atoms with Gasteiger partial charge in [0, 0.05) is 39.8 Å². The average molecular weight is 899 g/mol. The highest BCUT2D eigenvalue weighted by Crippen LogP contribution is 2.47. The van der Waals surface area contributed by atoms with Crippen molar-refractivity contribution < 1.29 is 50.5 Å². The molecule has 2 aliphatic carbocycles. The largest absolute Gasteiger partial charge is 0.481 e. The summed E-state index contributed by atoms with van der Waals surface area (Å²) in [6, 6.07) is 23.9. The second-order valence-electron chi connectivity index (χ2n) is 17.2. The lowest BCUT2D eigenvalue weighted by molar-refractivity contribution is -0.183. The third-order valence-electron chi connectivity index (χ3n) is 13.5. The number of hydrogen-bond acceptors (Lipinski definition) is 12. The number of hydrogen-bond donors (Lipinski definition) is 1. The van der Waals surface area contributed by atoms with Crippen LogP contribution >= 0.6 is 0 Å². The van der Waals surface area contributed by atoms with Gasteiger partial charge in [0.2, 0.25) is 19.7 Å². The van der Waals surface area contributed by atoms with Crippen LogP contribution in [0.1, 0.15) is 94.1 Å². The molecule has 15 heteroatoms. The Bertz CT molecular complexity index is 2620. The Kier molecular flexibility index (Phi) is 12.6. The number of esters is 1. The summed E-state index contributed by atoms with van der Waals surface area (Å²) in [6.45, 7) is 3.39. The molecule has 1 saturated heterocycles. The lowest BCUT2D eigenvalue weighted by atomic mass is 9.78. The molecular weight excluding hydrogens is 845 g/mol. The quantitative estimate of drug-likeness (QED) is 0.159. The predicted molar refractivity (Wildman–Crippen MR) is 235 cm³/mol. The van der Waals surface area contributed by atoms with Gasteiger partial charge < -0.3 is 29.1 Å². The van der Waals surface area contributed by atoms with Crippen LogP contribution in [0.2, 0.25) is 0 Å². The van der Waals surface area contributed by atoms with Gasteiger partial charge in [-0.05, 0) is 117 Å². The van der Waals surface area contributed by atoms with Gasteiger partial charge in [-0.1, -0.05) is 36.4 Å². The van der Waals surface area contributed by atoms with Gasteiger partial charge in [-0.3, -0.25) is 14.4 Å². The van der Waals surface area contributed by atoms with Crippen LogP contribution < -0.4 is 9.80 Å². The molecule has 3 aliphatic heterocycles. The number of aliphatic carboxylic acids is 1. The Morgan fingerprint density at radius 3 is 1.62 bits per heavy atom. The van der Waals surface area contributed by atoms with Crippen LogP contribution in [0.25, 0.3) is 0 Å². The average Bonchev–Trinajstić information content (AvgIpc) is 3.74. The minimum atomic E-state index is -3.66. The van der Waals surface area contributed by atoms with E-state index >= 15 is 0 Å². The zero-order chi connectivity index (χ0) is 44.7. The van der Waals surface area contributed by atoms with Crippen LogP contribution in [0.3, 0.4) is 0 Å². The first-order chi connectivity index (χ1) is 30.1. The molecule has 13 nitrogen and oxygen atoms in total. The van der Waals surface area contributed by atoms with E-state index in [4.69, 9.17) is 14.2 Å². The molecule has 1 N–H and O–H groups in total. The zero-order valence-electron chi connectivity index (χ0n) is 35.8. The number of sulfone groups is 2. The number of benzene rings is 4. The highest BCUT2D eigenvalue weighted by molar-refractivity contribution is 7.92. The summed E-state index contributed by atoms with van der Waals surface area (Å²) in [7, 11) is -3.64. The molecule has 9 rings (SSSR count). The maximum atomic E-state index is 13.3. The smallest absolute Gasteiger partial charge is 0.313 e. The van der Waals surface area contributed by atoms with E-state index in [1.54, 1.807) is 85.6 Å². The fourth-order valence-corrected chi connectivity index (χ4v) is 13.3. The molecule has 334 valence electrons. The normalized spacial score (nSPS) is 20.6. The molecule has 2 unspecified atom stereocenters. The van der Waals surface area contributed by atoms with Gasteiger partial charge in [0.15, 0.2) is 5.79 Å². The zero-order valence-corrected chi connectivity index (χ0v) is 37.5. The molecule has 0 bridgehead atoms. The van der Waals surface area contributed by atoms with E-state index in [1.165, 1.54) is 6.07 Å². The third kappa shape index (κ3) is 8.64. The maximum absolute atomic E-state index is 13.3. The van der Waals surface area contributed by atoms with Crippen molar-refractivity contribution in [3.05, 3.63) is 96.1 Å². The Morgan fingerprint density at radius 2 is 1.13 bits per heavy atom. The van der Waals surface area contributed by atoms with Gasteiger partial charge in [0.05, 0.1) is 74.0 Å². The van der Waals surface area contributed by atoms with Crippen LogP contribution in [0.5, 0.6) is 0 Å². The predicted octanol–water partition coefficient (Wildman–Crippen LogP) is 8.49. The van der Waals surface area contributed by atoms with Crippen molar-refractivity contribution in [1.82, 2.24) is 0 Å². The lowest BCUT2D eigenvalue weighted by Crippen LogP contribution is -2.35. The lowest BCUT2D eigenvalue weighted by Gasteiger charge is -2.36. The second-order valence-corrected chi connectivity index (χ2v) is 21.0. The number of para-hydroxylation sites is 2. The molecule has 5 aliphatic rings. The molecule has 3 fully saturated rings. The number of rotatable bonds is 9. The number of carbonyl (C=O) groups is 3. The molecule has 63 heavy (non-hydrogen) atoms. The van der Waals surface area contributed by atoms with Gasteiger partial charge in [0.1, 0.15) is 5.78 Å². The SMILES string of the molecule is CCOC(=O)C(CC1CCC2(CC1)OCCO2)c1ccc2c(c1)N(C)c1ccccc1S2(=O)=O.CN1c2ccccc2S(=O)(=O)c2ccc(C(CC3CCC(=O)CC3)C(=O)O)cc21. The van der Waals surface area contributed by atoms with Gasteiger partial charge in [0.25, 0.3) is 0 Å². The Morgan fingerprint density at radius 1 is 0.683 bits per heavy atom. The van der Waals surface area contributed by atoms with Gasteiger partial charge in [-0.15, -0.1) is 0 Å². The minimum Gasteiger partial charge on any atom is -0.481 e. The first-order valence-electron chi connectivity index (χ1n) is 21.8. The van der Waals surface area contributed by atoms with Crippen LogP contribution in [0.4, 0.5) is 22.7 Å². The Labute approximate surface area is 369 Å². The van der Waals surface area contributed by atoms with Crippen LogP contribution in [-0.2, 0) is 48.3 Å². The standard InChI is InChI=1S/C26H31NO6S.C22H23NO5S/c1-3-31-25(28)20(16-18-10-12-26(13-11-18)32-14-15-33-26)19-8-9-24-22(17-19)27(2)21-6-4-5-7-23(21)34(24,29)30;1-23-18-4-2-3-5-20(18)29(27,28)21-11-8-15(13-19(21)23)17(22(25)26)12-14-6-9-16(24)10-7-14/h4-9,17-18,20H,3,10-16H2,1-2H3;2-5,8,11,13-14,17H,6-7,9-10,12H2,1H3,(H,25,26). The number of ketones is 1. The number of carboxylic acids is 1. The van der Waals surface area contributed by atoms with Crippen molar-refractivity contribution >= 4 is 60.1 Å². The van der Waals surface area contributed by atoms with Crippen molar-refractivity contribution in [3.8, 4) is 0 Å². The van der Waals surface area contributed by atoms with E-state index in [0.29, 0.717) is 84.6 Å². The first-order valence-corrected chi connectivity index (χ1v) is 24.7. The van der Waals surface area contributed by atoms with E-state index in [-0.39, 0.29) is 32.4 Å². The topological polar surface area (TPSA) is 174 Å². The van der Waals surface area contributed by atoms with E-state index < -0.39 is 43.3 Å². The number of fused-ring (bicyclic) bond motifs is 4. The molecule has 0 radical (unpaired) electrons. The number of carboxylic acid groups (broad SMARTS) is 1. The minimum absolute atomic E-state index is 0.187. The van der Waals surface area contributed by atoms with Crippen molar-refractivity contribution in [2.75, 3.05) is 43.7 Å². The first kappa shape index (κ1) is 44.5. The fraction of sp³-hybridized carbons (Fsp3) is 0.438. The van der Waals surface area contributed by atoms with Crippen molar-refractivity contribution in [2.45, 2.75) is 108 Å². The number of Topliss-reactive ketones (excluding diaryl/α,β-unsaturated/α-hetero) is 1. The monoisotopic (exact) mass is 898 g/mol. The second kappa shape index (κ2) is 17.8. The fourth-order valence-electron chi connectivity index (χ4n) is 9.93. The van der Waals surface area contributed by atoms with Crippen molar-refractivity contribution in [2.24, 2.45) is 11.8 Å². The van der Waals surface area contributed by atoms with Crippen LogP contribution in [0.15, 0.2) is 105 Å². The summed E-state index contributed by atoms with van der Waals surface area (Å²) >= 11 is 0. The molecule has 0 aromatic heterocycles. The van der Waals surface area contributed by atoms with Crippen molar-refractivity contribution in [1.29, 1.82) is 0 Å². The molecule has 3 heterocycles.